The van der Waals surface area contributed by atoms with Crippen LogP contribution in [0.3, 0.4) is 0 Å². The SMILES string of the molecule is CC(C)NCCNCC(C)(C)O. The highest BCUT2D eigenvalue weighted by Crippen LogP contribution is 1.96. The van der Waals surface area contributed by atoms with E-state index in [1.807, 2.05) is 0 Å². The molecule has 0 aliphatic heterocycles. The molecule has 3 nitrogen and oxygen atoms in total. The molecule has 3 heteroatoms. The molecule has 0 fully saturated rings. The third-order valence-corrected chi connectivity index (χ3v) is 1.41. The van der Waals surface area contributed by atoms with E-state index in [2.05, 4.69) is 24.5 Å². The van der Waals surface area contributed by atoms with Gasteiger partial charge in [-0.2, -0.15) is 0 Å². The van der Waals surface area contributed by atoms with Gasteiger partial charge in [-0.1, -0.05) is 13.8 Å². The predicted octanol–water partition coefficient (Wildman–Crippen LogP) is 0.345. The minimum Gasteiger partial charge on any atom is -0.389 e. The summed E-state index contributed by atoms with van der Waals surface area (Å²) in [6, 6.07) is 0.536. The summed E-state index contributed by atoms with van der Waals surface area (Å²) in [7, 11) is 0. The summed E-state index contributed by atoms with van der Waals surface area (Å²) in [5, 5.41) is 15.8. The lowest BCUT2D eigenvalue weighted by Gasteiger charge is -2.18. The number of aliphatic hydroxyl groups is 1. The Morgan fingerprint density at radius 1 is 1.25 bits per heavy atom. The van der Waals surface area contributed by atoms with Crippen LogP contribution >= 0.6 is 0 Å². The Balaban J connectivity index is 3.12. The molecule has 74 valence electrons. The fourth-order valence-electron chi connectivity index (χ4n) is 0.844. The van der Waals surface area contributed by atoms with Crippen LogP contribution in [0.2, 0.25) is 0 Å². The standard InChI is InChI=1S/C9H22N2O/c1-8(2)11-6-5-10-7-9(3,4)12/h8,10-12H,5-7H2,1-4H3. The lowest BCUT2D eigenvalue weighted by atomic mass is 10.1. The Hall–Kier alpha value is -0.120. The molecule has 0 atom stereocenters. The van der Waals surface area contributed by atoms with Gasteiger partial charge in [-0.15, -0.1) is 0 Å². The van der Waals surface area contributed by atoms with Crippen LogP contribution in [0.4, 0.5) is 0 Å². The summed E-state index contributed by atoms with van der Waals surface area (Å²) in [4.78, 5) is 0. The van der Waals surface area contributed by atoms with Crippen molar-refractivity contribution >= 4 is 0 Å². The molecule has 0 aromatic carbocycles. The first kappa shape index (κ1) is 11.9. The van der Waals surface area contributed by atoms with Crippen LogP contribution in [0.25, 0.3) is 0 Å². The first-order valence-corrected chi connectivity index (χ1v) is 4.58. The van der Waals surface area contributed by atoms with Crippen LogP contribution in [0.15, 0.2) is 0 Å². The molecule has 3 N–H and O–H groups in total. The van der Waals surface area contributed by atoms with Gasteiger partial charge in [-0.05, 0) is 13.8 Å². The number of hydrogen-bond donors (Lipinski definition) is 3. The monoisotopic (exact) mass is 174 g/mol. The van der Waals surface area contributed by atoms with Crippen LogP contribution in [0, 0.1) is 0 Å². The van der Waals surface area contributed by atoms with Gasteiger partial charge in [-0.3, -0.25) is 0 Å². The fourth-order valence-corrected chi connectivity index (χ4v) is 0.844. The molecular formula is C9H22N2O. The summed E-state index contributed by atoms with van der Waals surface area (Å²) < 4.78 is 0. The summed E-state index contributed by atoms with van der Waals surface area (Å²) in [5.41, 5.74) is -0.599. The molecule has 0 heterocycles. The van der Waals surface area contributed by atoms with Gasteiger partial charge >= 0.3 is 0 Å². The summed E-state index contributed by atoms with van der Waals surface area (Å²) in [5.74, 6) is 0. The summed E-state index contributed by atoms with van der Waals surface area (Å²) in [6.07, 6.45) is 0. The zero-order chi connectivity index (χ0) is 9.61. The molecule has 0 radical (unpaired) electrons. The van der Waals surface area contributed by atoms with Gasteiger partial charge in [0, 0.05) is 25.7 Å². The quantitative estimate of drug-likeness (QED) is 0.509. The van der Waals surface area contributed by atoms with Crippen molar-refractivity contribution in [2.45, 2.75) is 39.3 Å². The molecule has 0 amide bonds. The van der Waals surface area contributed by atoms with Crippen molar-refractivity contribution in [1.29, 1.82) is 0 Å². The molecule has 0 bridgehead atoms. The van der Waals surface area contributed by atoms with E-state index in [4.69, 9.17) is 0 Å². The van der Waals surface area contributed by atoms with E-state index in [0.29, 0.717) is 12.6 Å². The molecular weight excluding hydrogens is 152 g/mol. The number of hydrogen-bond acceptors (Lipinski definition) is 3. The van der Waals surface area contributed by atoms with Crippen molar-refractivity contribution < 1.29 is 5.11 Å². The highest BCUT2D eigenvalue weighted by molar-refractivity contribution is 4.68. The van der Waals surface area contributed by atoms with Crippen molar-refractivity contribution in [2.24, 2.45) is 0 Å². The molecule has 0 saturated carbocycles. The second-order valence-corrected chi connectivity index (χ2v) is 4.10. The summed E-state index contributed by atoms with van der Waals surface area (Å²) in [6.45, 7) is 10.3. The molecule has 0 unspecified atom stereocenters. The molecule has 0 aromatic rings. The topological polar surface area (TPSA) is 44.3 Å². The van der Waals surface area contributed by atoms with E-state index in [-0.39, 0.29) is 0 Å². The molecule has 0 saturated heterocycles. The third kappa shape index (κ3) is 9.88. The van der Waals surface area contributed by atoms with Gasteiger partial charge in [0.05, 0.1) is 5.60 Å². The van der Waals surface area contributed by atoms with Gasteiger partial charge in [0.2, 0.25) is 0 Å². The van der Waals surface area contributed by atoms with Gasteiger partial charge < -0.3 is 15.7 Å². The number of nitrogens with one attached hydrogen (secondary N) is 2. The Kier molecular flexibility index (Phi) is 5.46. The molecule has 12 heavy (non-hydrogen) atoms. The van der Waals surface area contributed by atoms with Crippen LogP contribution in [-0.4, -0.2) is 36.4 Å². The van der Waals surface area contributed by atoms with Crippen molar-refractivity contribution in [1.82, 2.24) is 10.6 Å². The summed E-state index contributed by atoms with van der Waals surface area (Å²) >= 11 is 0. The van der Waals surface area contributed by atoms with Crippen LogP contribution < -0.4 is 10.6 Å². The van der Waals surface area contributed by atoms with E-state index in [1.54, 1.807) is 13.8 Å². The van der Waals surface area contributed by atoms with E-state index in [9.17, 15) is 5.11 Å². The Morgan fingerprint density at radius 2 is 1.83 bits per heavy atom. The zero-order valence-corrected chi connectivity index (χ0v) is 8.65. The molecule has 0 spiro atoms. The number of rotatable bonds is 6. The van der Waals surface area contributed by atoms with Crippen LogP contribution in [0.1, 0.15) is 27.7 Å². The minimum atomic E-state index is -0.599. The largest absolute Gasteiger partial charge is 0.389 e. The second-order valence-electron chi connectivity index (χ2n) is 4.10. The Morgan fingerprint density at radius 3 is 2.25 bits per heavy atom. The molecule has 0 rings (SSSR count). The van der Waals surface area contributed by atoms with Crippen molar-refractivity contribution in [2.75, 3.05) is 19.6 Å². The first-order chi connectivity index (χ1) is 5.42. The van der Waals surface area contributed by atoms with Gasteiger partial charge in [0.25, 0.3) is 0 Å². The van der Waals surface area contributed by atoms with E-state index >= 15 is 0 Å². The van der Waals surface area contributed by atoms with Crippen molar-refractivity contribution in [3.05, 3.63) is 0 Å². The maximum Gasteiger partial charge on any atom is 0.0715 e. The van der Waals surface area contributed by atoms with E-state index in [1.165, 1.54) is 0 Å². The minimum absolute atomic E-state index is 0.536. The zero-order valence-electron chi connectivity index (χ0n) is 8.65. The van der Waals surface area contributed by atoms with Gasteiger partial charge in [0.15, 0.2) is 0 Å². The second kappa shape index (κ2) is 5.51. The lowest BCUT2D eigenvalue weighted by molar-refractivity contribution is 0.0801. The Bertz CT molecular complexity index is 108. The fraction of sp³-hybridized carbons (Fsp3) is 1.00. The smallest absolute Gasteiger partial charge is 0.0715 e. The maximum absolute atomic E-state index is 9.34. The molecule has 0 aliphatic rings. The average Bonchev–Trinajstić information content (AvgIpc) is 1.83. The van der Waals surface area contributed by atoms with E-state index in [0.717, 1.165) is 13.1 Å². The van der Waals surface area contributed by atoms with Crippen LogP contribution in [0.5, 0.6) is 0 Å². The maximum atomic E-state index is 9.34. The highest BCUT2D eigenvalue weighted by atomic mass is 16.3. The van der Waals surface area contributed by atoms with Gasteiger partial charge in [-0.25, -0.2) is 0 Å². The Labute approximate surface area is 75.6 Å². The molecule has 0 aromatic heterocycles. The predicted molar refractivity (Wildman–Crippen MR) is 52.3 cm³/mol. The van der Waals surface area contributed by atoms with Crippen molar-refractivity contribution in [3.63, 3.8) is 0 Å². The normalized spacial score (nSPS) is 12.5. The molecule has 0 aliphatic carbocycles. The average molecular weight is 174 g/mol. The highest BCUT2D eigenvalue weighted by Gasteiger charge is 2.10. The van der Waals surface area contributed by atoms with Crippen LogP contribution in [-0.2, 0) is 0 Å². The van der Waals surface area contributed by atoms with Crippen molar-refractivity contribution in [3.8, 4) is 0 Å². The van der Waals surface area contributed by atoms with Gasteiger partial charge in [0.1, 0.15) is 0 Å². The lowest BCUT2D eigenvalue weighted by Crippen LogP contribution is -2.39. The van der Waals surface area contributed by atoms with E-state index < -0.39 is 5.60 Å². The third-order valence-electron chi connectivity index (χ3n) is 1.41. The first-order valence-electron chi connectivity index (χ1n) is 4.58.